The lowest BCUT2D eigenvalue weighted by Gasteiger charge is -2.51. The Bertz CT molecular complexity index is 132. The molecule has 3 fully saturated rings. The molecule has 0 amide bonds. The van der Waals surface area contributed by atoms with Gasteiger partial charge >= 0.3 is 0 Å². The van der Waals surface area contributed by atoms with Gasteiger partial charge in [-0.3, -0.25) is 9.80 Å². The molecule has 2 atom stereocenters. The van der Waals surface area contributed by atoms with E-state index in [0.717, 1.165) is 18.4 Å². The van der Waals surface area contributed by atoms with Crippen LogP contribution in [0.25, 0.3) is 0 Å². The van der Waals surface area contributed by atoms with E-state index in [-0.39, 0.29) is 0 Å². The molecule has 2 bridgehead atoms. The fraction of sp³-hybridized carbons (Fsp3) is 1.00. The summed E-state index contributed by atoms with van der Waals surface area (Å²) in [6, 6.07) is 0.744. The van der Waals surface area contributed by atoms with Crippen LogP contribution in [0.3, 0.4) is 0 Å². The number of rotatable bonds is 1. The van der Waals surface area contributed by atoms with Crippen molar-refractivity contribution in [2.75, 3.05) is 7.05 Å². The normalized spacial score (nSPS) is 40.8. The summed E-state index contributed by atoms with van der Waals surface area (Å²) in [5.74, 6) is 0. The highest BCUT2D eigenvalue weighted by Crippen LogP contribution is 2.40. The Labute approximate surface area is 62.8 Å². The van der Waals surface area contributed by atoms with Crippen LogP contribution in [0.5, 0.6) is 0 Å². The van der Waals surface area contributed by atoms with Crippen LogP contribution in [0.2, 0.25) is 0 Å². The van der Waals surface area contributed by atoms with Gasteiger partial charge in [-0.1, -0.05) is 0 Å². The molecule has 0 spiro atoms. The van der Waals surface area contributed by atoms with Gasteiger partial charge in [0.25, 0.3) is 0 Å². The maximum absolute atomic E-state index is 2.61. The minimum Gasteiger partial charge on any atom is -0.275 e. The van der Waals surface area contributed by atoms with E-state index >= 15 is 0 Å². The smallest absolute Gasteiger partial charge is 0.0649 e. The van der Waals surface area contributed by atoms with Crippen LogP contribution in [0, 0.1) is 0 Å². The van der Waals surface area contributed by atoms with Gasteiger partial charge in [0.15, 0.2) is 0 Å². The Morgan fingerprint density at radius 1 is 1.20 bits per heavy atom. The van der Waals surface area contributed by atoms with E-state index in [1.807, 2.05) is 0 Å². The van der Waals surface area contributed by atoms with Crippen molar-refractivity contribution in [2.24, 2.45) is 0 Å². The lowest BCUT2D eigenvalue weighted by molar-refractivity contribution is -0.124. The molecule has 0 aromatic carbocycles. The van der Waals surface area contributed by atoms with E-state index in [0.29, 0.717) is 0 Å². The average Bonchev–Trinajstić information content (AvgIpc) is 2.40. The number of fused-ring (bicyclic) bond motifs is 1. The summed E-state index contributed by atoms with van der Waals surface area (Å²) in [6.07, 6.45) is 4.34. The maximum atomic E-state index is 2.61. The number of nitrogens with zero attached hydrogens (tertiary/aromatic N) is 2. The third-order valence-electron chi connectivity index (χ3n) is 2.91. The topological polar surface area (TPSA) is 6.48 Å². The summed E-state index contributed by atoms with van der Waals surface area (Å²) < 4.78 is 0. The number of hydrogen-bond acceptors (Lipinski definition) is 2. The van der Waals surface area contributed by atoms with Crippen molar-refractivity contribution in [2.45, 2.75) is 45.1 Å². The van der Waals surface area contributed by atoms with E-state index in [2.05, 4.69) is 30.7 Å². The molecule has 3 aliphatic heterocycles. The van der Waals surface area contributed by atoms with Gasteiger partial charge in [-0.25, -0.2) is 0 Å². The van der Waals surface area contributed by atoms with Gasteiger partial charge in [0.2, 0.25) is 0 Å². The van der Waals surface area contributed by atoms with Crippen LogP contribution >= 0.6 is 0 Å². The van der Waals surface area contributed by atoms with Gasteiger partial charge < -0.3 is 0 Å². The fourth-order valence-corrected chi connectivity index (χ4v) is 2.44. The van der Waals surface area contributed by atoms with Crippen molar-refractivity contribution in [3.05, 3.63) is 0 Å². The first-order chi connectivity index (χ1) is 4.72. The highest BCUT2D eigenvalue weighted by atomic mass is 15.6. The van der Waals surface area contributed by atoms with Crippen LogP contribution in [-0.4, -0.2) is 35.2 Å². The molecule has 3 aliphatic rings. The Morgan fingerprint density at radius 2 is 1.70 bits per heavy atom. The van der Waals surface area contributed by atoms with Gasteiger partial charge in [0, 0.05) is 6.04 Å². The van der Waals surface area contributed by atoms with Crippen molar-refractivity contribution in [3.8, 4) is 0 Å². The van der Waals surface area contributed by atoms with Gasteiger partial charge in [-0.15, -0.1) is 0 Å². The predicted octanol–water partition coefficient (Wildman–Crippen LogP) is 1.09. The zero-order chi connectivity index (χ0) is 7.30. The van der Waals surface area contributed by atoms with Crippen molar-refractivity contribution in [3.63, 3.8) is 0 Å². The molecule has 2 unspecified atom stereocenters. The molecule has 58 valence electrons. The molecule has 10 heavy (non-hydrogen) atoms. The monoisotopic (exact) mass is 140 g/mol. The van der Waals surface area contributed by atoms with Gasteiger partial charge in [0.05, 0.1) is 12.3 Å². The second-order valence-electron chi connectivity index (χ2n) is 3.75. The highest BCUT2D eigenvalue weighted by Gasteiger charge is 2.50. The first-order valence-corrected chi connectivity index (χ1v) is 4.21. The summed E-state index contributed by atoms with van der Waals surface area (Å²) in [5, 5.41) is 0. The fourth-order valence-electron chi connectivity index (χ4n) is 2.44. The molecule has 0 aliphatic carbocycles. The zero-order valence-corrected chi connectivity index (χ0v) is 7.04. The molecular formula is C8H16N2. The maximum Gasteiger partial charge on any atom is 0.0649 e. The van der Waals surface area contributed by atoms with Crippen LogP contribution < -0.4 is 0 Å². The second-order valence-corrected chi connectivity index (χ2v) is 3.75. The second kappa shape index (κ2) is 1.95. The summed E-state index contributed by atoms with van der Waals surface area (Å²) in [5.41, 5.74) is 0. The van der Waals surface area contributed by atoms with Crippen LogP contribution in [-0.2, 0) is 0 Å². The van der Waals surface area contributed by atoms with Crippen LogP contribution in [0.1, 0.15) is 26.7 Å². The summed E-state index contributed by atoms with van der Waals surface area (Å²) in [4.78, 5) is 5.10. The standard InChI is InChI=1S/C8H16N2/c1-6(2)10-7-4-5-8(10)9(7)3/h6-8H,4-5H2,1-3H3. The van der Waals surface area contributed by atoms with Crippen molar-refractivity contribution < 1.29 is 0 Å². The summed E-state index contributed by atoms with van der Waals surface area (Å²) in [6.45, 7) is 4.58. The Hall–Kier alpha value is -0.0800. The molecule has 3 rings (SSSR count). The average molecular weight is 140 g/mol. The zero-order valence-electron chi connectivity index (χ0n) is 7.04. The minimum absolute atomic E-state index is 0.744. The largest absolute Gasteiger partial charge is 0.275 e. The van der Waals surface area contributed by atoms with E-state index in [1.165, 1.54) is 12.8 Å². The van der Waals surface area contributed by atoms with Gasteiger partial charge in [-0.05, 0) is 33.7 Å². The van der Waals surface area contributed by atoms with Gasteiger partial charge in [0.1, 0.15) is 0 Å². The molecule has 0 saturated carbocycles. The molecule has 3 saturated heterocycles. The summed E-state index contributed by atoms with van der Waals surface area (Å²) >= 11 is 0. The van der Waals surface area contributed by atoms with E-state index in [1.54, 1.807) is 0 Å². The number of hydrogen-bond donors (Lipinski definition) is 0. The molecule has 0 aromatic heterocycles. The molecule has 2 nitrogen and oxygen atoms in total. The van der Waals surface area contributed by atoms with Crippen molar-refractivity contribution in [1.82, 2.24) is 9.80 Å². The van der Waals surface area contributed by atoms with Crippen LogP contribution in [0.15, 0.2) is 0 Å². The third-order valence-corrected chi connectivity index (χ3v) is 2.91. The first-order valence-electron chi connectivity index (χ1n) is 4.21. The molecule has 2 heteroatoms. The molecule has 0 radical (unpaired) electrons. The molecule has 0 N–H and O–H groups in total. The lowest BCUT2D eigenvalue weighted by atomic mass is 10.2. The Morgan fingerprint density at radius 3 is 1.90 bits per heavy atom. The highest BCUT2D eigenvalue weighted by molar-refractivity contribution is 4.98. The lowest BCUT2D eigenvalue weighted by Crippen LogP contribution is -2.65. The first kappa shape index (κ1) is 6.62. The quantitative estimate of drug-likeness (QED) is 0.538. The Balaban J connectivity index is 2.06. The van der Waals surface area contributed by atoms with Crippen LogP contribution in [0.4, 0.5) is 0 Å². The minimum atomic E-state index is 0.744. The van der Waals surface area contributed by atoms with Crippen molar-refractivity contribution >= 4 is 0 Å². The predicted molar refractivity (Wildman–Crippen MR) is 41.5 cm³/mol. The van der Waals surface area contributed by atoms with Gasteiger partial charge in [-0.2, -0.15) is 0 Å². The molecular weight excluding hydrogens is 124 g/mol. The SMILES string of the molecule is CC(C)N1C2CCC1N2C. The van der Waals surface area contributed by atoms with E-state index in [9.17, 15) is 0 Å². The Kier molecular flexibility index (Phi) is 1.29. The summed E-state index contributed by atoms with van der Waals surface area (Å²) in [7, 11) is 2.24. The van der Waals surface area contributed by atoms with Crippen molar-refractivity contribution in [1.29, 1.82) is 0 Å². The molecule has 0 aromatic rings. The third kappa shape index (κ3) is 0.611. The van der Waals surface area contributed by atoms with E-state index in [4.69, 9.17) is 0 Å². The molecule has 3 heterocycles. The van der Waals surface area contributed by atoms with E-state index < -0.39 is 0 Å².